The SMILES string of the molecule is O=C1c2c(-c3ccncc3)ccnc2CN1CCc1ccc(C(F)(F)F)cn1. The lowest BCUT2D eigenvalue weighted by Gasteiger charge is -2.15. The van der Waals surface area contributed by atoms with E-state index in [0.717, 1.165) is 23.4 Å². The molecule has 0 fully saturated rings. The van der Waals surface area contributed by atoms with Crippen molar-refractivity contribution in [3.8, 4) is 11.1 Å². The van der Waals surface area contributed by atoms with E-state index in [-0.39, 0.29) is 5.91 Å². The number of aromatic nitrogens is 3. The summed E-state index contributed by atoms with van der Waals surface area (Å²) in [5, 5.41) is 0. The van der Waals surface area contributed by atoms with Gasteiger partial charge in [-0.1, -0.05) is 0 Å². The number of amides is 1. The quantitative estimate of drug-likeness (QED) is 0.687. The molecule has 28 heavy (non-hydrogen) atoms. The Morgan fingerprint density at radius 3 is 2.46 bits per heavy atom. The maximum Gasteiger partial charge on any atom is 0.417 e. The van der Waals surface area contributed by atoms with Crippen LogP contribution in [0.5, 0.6) is 0 Å². The van der Waals surface area contributed by atoms with Gasteiger partial charge in [0.15, 0.2) is 0 Å². The lowest BCUT2D eigenvalue weighted by atomic mass is 10.0. The summed E-state index contributed by atoms with van der Waals surface area (Å²) < 4.78 is 37.9. The van der Waals surface area contributed by atoms with Crippen molar-refractivity contribution in [3.05, 3.63) is 77.6 Å². The average Bonchev–Trinajstić information content (AvgIpc) is 3.03. The molecule has 0 N–H and O–H groups in total. The number of carbonyl (C=O) groups is 1. The number of hydrogen-bond donors (Lipinski definition) is 0. The molecule has 3 aromatic heterocycles. The highest BCUT2D eigenvalue weighted by Gasteiger charge is 2.32. The summed E-state index contributed by atoms with van der Waals surface area (Å²) in [7, 11) is 0. The fourth-order valence-corrected chi connectivity index (χ4v) is 3.22. The van der Waals surface area contributed by atoms with Gasteiger partial charge in [0.05, 0.1) is 23.4 Å². The molecule has 0 saturated heterocycles. The molecule has 0 saturated carbocycles. The van der Waals surface area contributed by atoms with Gasteiger partial charge >= 0.3 is 6.18 Å². The molecule has 0 unspecified atom stereocenters. The van der Waals surface area contributed by atoms with Gasteiger partial charge in [0.25, 0.3) is 5.91 Å². The van der Waals surface area contributed by atoms with Crippen LogP contribution in [0.4, 0.5) is 13.2 Å². The number of carbonyl (C=O) groups excluding carboxylic acids is 1. The zero-order chi connectivity index (χ0) is 19.7. The first kappa shape index (κ1) is 18.1. The van der Waals surface area contributed by atoms with E-state index < -0.39 is 11.7 Å². The summed E-state index contributed by atoms with van der Waals surface area (Å²) in [6, 6.07) is 7.81. The van der Waals surface area contributed by atoms with Gasteiger partial charge in [-0.2, -0.15) is 13.2 Å². The minimum atomic E-state index is -4.41. The number of halogens is 3. The van der Waals surface area contributed by atoms with Crippen LogP contribution in [0.2, 0.25) is 0 Å². The maximum atomic E-state index is 12.9. The van der Waals surface area contributed by atoms with E-state index in [0.29, 0.717) is 36.5 Å². The Morgan fingerprint density at radius 1 is 1.00 bits per heavy atom. The van der Waals surface area contributed by atoms with E-state index in [1.165, 1.54) is 6.07 Å². The lowest BCUT2D eigenvalue weighted by Crippen LogP contribution is -2.26. The Hall–Kier alpha value is -3.29. The van der Waals surface area contributed by atoms with Gasteiger partial charge in [-0.25, -0.2) is 0 Å². The molecule has 8 heteroatoms. The third kappa shape index (κ3) is 3.45. The Bertz CT molecular complexity index is 1000. The predicted octanol–water partition coefficient (Wildman–Crippen LogP) is 3.76. The molecule has 0 bridgehead atoms. The van der Waals surface area contributed by atoms with Crippen LogP contribution in [0, 0.1) is 0 Å². The van der Waals surface area contributed by atoms with E-state index in [1.807, 2.05) is 12.1 Å². The monoisotopic (exact) mass is 384 g/mol. The van der Waals surface area contributed by atoms with Crippen molar-refractivity contribution in [2.45, 2.75) is 19.1 Å². The number of alkyl halides is 3. The van der Waals surface area contributed by atoms with Crippen molar-refractivity contribution < 1.29 is 18.0 Å². The first-order valence-electron chi connectivity index (χ1n) is 8.63. The van der Waals surface area contributed by atoms with Gasteiger partial charge in [-0.3, -0.25) is 19.7 Å². The van der Waals surface area contributed by atoms with Crippen molar-refractivity contribution >= 4 is 5.91 Å². The minimum Gasteiger partial charge on any atom is -0.332 e. The molecule has 4 rings (SSSR count). The summed E-state index contributed by atoms with van der Waals surface area (Å²) >= 11 is 0. The van der Waals surface area contributed by atoms with Crippen LogP contribution in [0.3, 0.4) is 0 Å². The summed E-state index contributed by atoms with van der Waals surface area (Å²) in [6.07, 6.45) is 1.77. The summed E-state index contributed by atoms with van der Waals surface area (Å²) in [6.45, 7) is 0.719. The molecule has 0 radical (unpaired) electrons. The fourth-order valence-electron chi connectivity index (χ4n) is 3.22. The third-order valence-electron chi connectivity index (χ3n) is 4.65. The van der Waals surface area contributed by atoms with Crippen LogP contribution in [-0.4, -0.2) is 32.3 Å². The molecule has 1 amide bonds. The highest BCUT2D eigenvalue weighted by Crippen LogP contribution is 2.31. The van der Waals surface area contributed by atoms with E-state index >= 15 is 0 Å². The molecule has 4 heterocycles. The number of hydrogen-bond acceptors (Lipinski definition) is 4. The van der Waals surface area contributed by atoms with Crippen LogP contribution in [0.15, 0.2) is 55.1 Å². The van der Waals surface area contributed by atoms with Crippen molar-refractivity contribution in [2.24, 2.45) is 0 Å². The topological polar surface area (TPSA) is 59.0 Å². The molecule has 0 atom stereocenters. The largest absolute Gasteiger partial charge is 0.417 e. The second kappa shape index (κ2) is 7.03. The summed E-state index contributed by atoms with van der Waals surface area (Å²) in [5.74, 6) is -0.137. The van der Waals surface area contributed by atoms with Crippen LogP contribution < -0.4 is 0 Å². The molecule has 3 aromatic rings. The van der Waals surface area contributed by atoms with Crippen LogP contribution >= 0.6 is 0 Å². The van der Waals surface area contributed by atoms with E-state index in [4.69, 9.17) is 0 Å². The van der Waals surface area contributed by atoms with Crippen molar-refractivity contribution in [1.82, 2.24) is 19.9 Å². The second-order valence-corrected chi connectivity index (χ2v) is 6.43. The van der Waals surface area contributed by atoms with Crippen molar-refractivity contribution in [3.63, 3.8) is 0 Å². The number of rotatable bonds is 4. The van der Waals surface area contributed by atoms with Gasteiger partial charge < -0.3 is 4.90 Å². The standard InChI is InChI=1S/C20H15F3N4O/c21-20(22,23)14-1-2-15(26-11-14)6-10-27-12-17-18(19(27)28)16(5-9-25-17)13-3-7-24-8-4-13/h1-5,7-9,11H,6,10,12H2. The Balaban J connectivity index is 1.50. The zero-order valence-corrected chi connectivity index (χ0v) is 14.6. The first-order chi connectivity index (χ1) is 13.4. The second-order valence-electron chi connectivity index (χ2n) is 6.43. The van der Waals surface area contributed by atoms with Crippen molar-refractivity contribution in [1.29, 1.82) is 0 Å². The van der Waals surface area contributed by atoms with Gasteiger partial charge in [0.2, 0.25) is 0 Å². The number of nitrogens with zero attached hydrogens (tertiary/aromatic N) is 4. The van der Waals surface area contributed by atoms with E-state index in [1.54, 1.807) is 29.6 Å². The Kier molecular flexibility index (Phi) is 4.54. The van der Waals surface area contributed by atoms with Gasteiger partial charge in [0.1, 0.15) is 0 Å². The number of fused-ring (bicyclic) bond motifs is 1. The van der Waals surface area contributed by atoms with Gasteiger partial charge in [0, 0.05) is 43.4 Å². The minimum absolute atomic E-state index is 0.137. The zero-order valence-electron chi connectivity index (χ0n) is 14.6. The highest BCUT2D eigenvalue weighted by atomic mass is 19.4. The molecular weight excluding hydrogens is 369 g/mol. The molecule has 0 aromatic carbocycles. The molecule has 1 aliphatic heterocycles. The van der Waals surface area contributed by atoms with E-state index in [9.17, 15) is 18.0 Å². The third-order valence-corrected chi connectivity index (χ3v) is 4.65. The molecule has 142 valence electrons. The lowest BCUT2D eigenvalue weighted by molar-refractivity contribution is -0.137. The normalized spacial score (nSPS) is 13.7. The molecule has 1 aliphatic rings. The number of pyridine rings is 3. The van der Waals surface area contributed by atoms with Crippen molar-refractivity contribution in [2.75, 3.05) is 6.54 Å². The molecule has 5 nitrogen and oxygen atoms in total. The maximum absolute atomic E-state index is 12.9. The van der Waals surface area contributed by atoms with Gasteiger partial charge in [-0.15, -0.1) is 0 Å². The van der Waals surface area contributed by atoms with Crippen LogP contribution in [0.25, 0.3) is 11.1 Å². The molecule has 0 spiro atoms. The fraction of sp³-hybridized carbons (Fsp3) is 0.200. The van der Waals surface area contributed by atoms with Gasteiger partial charge in [-0.05, 0) is 41.5 Å². The predicted molar refractivity (Wildman–Crippen MR) is 95.2 cm³/mol. The summed E-state index contributed by atoms with van der Waals surface area (Å²) in [4.78, 5) is 26.7. The molecule has 0 aliphatic carbocycles. The van der Waals surface area contributed by atoms with E-state index in [2.05, 4.69) is 15.0 Å². The molecular formula is C20H15F3N4O. The Morgan fingerprint density at radius 2 is 1.79 bits per heavy atom. The first-order valence-corrected chi connectivity index (χ1v) is 8.63. The average molecular weight is 384 g/mol. The Labute approximate surface area is 158 Å². The van der Waals surface area contributed by atoms with Crippen LogP contribution in [0.1, 0.15) is 27.3 Å². The highest BCUT2D eigenvalue weighted by molar-refractivity contribution is 6.03. The van der Waals surface area contributed by atoms with Crippen LogP contribution in [-0.2, 0) is 19.1 Å². The smallest absolute Gasteiger partial charge is 0.332 e. The summed E-state index contributed by atoms with van der Waals surface area (Å²) in [5.41, 5.74) is 2.65.